The lowest BCUT2D eigenvalue weighted by molar-refractivity contribution is -0.142. The van der Waals surface area contributed by atoms with E-state index in [0.29, 0.717) is 12.3 Å². The third kappa shape index (κ3) is 3.68. The topological polar surface area (TPSA) is 76.1 Å². The van der Waals surface area contributed by atoms with Gasteiger partial charge in [0, 0.05) is 44.6 Å². The molecule has 2 N–H and O–H groups in total. The number of ether oxygens (including phenoxy) is 1. The van der Waals surface area contributed by atoms with Gasteiger partial charge in [-0.3, -0.25) is 9.69 Å². The normalized spacial score (nSPS) is 16.6. The van der Waals surface area contributed by atoms with Crippen LogP contribution in [0.5, 0.6) is 0 Å². The average molecular weight is 331 g/mol. The van der Waals surface area contributed by atoms with E-state index < -0.39 is 0 Å². The third-order valence-electron chi connectivity index (χ3n) is 4.41. The van der Waals surface area contributed by atoms with Crippen LogP contribution in [0, 0.1) is 0 Å². The molecule has 3 rings (SSSR count). The van der Waals surface area contributed by atoms with Gasteiger partial charge in [-0.1, -0.05) is 0 Å². The molecule has 0 radical (unpaired) electrons. The summed E-state index contributed by atoms with van der Waals surface area (Å²) in [7, 11) is 2.14. The number of pyridine rings is 1. The predicted molar refractivity (Wildman–Crippen MR) is 92.7 cm³/mol. The van der Waals surface area contributed by atoms with Crippen molar-refractivity contribution in [2.45, 2.75) is 19.9 Å². The molecule has 24 heavy (non-hydrogen) atoms. The van der Waals surface area contributed by atoms with Crippen molar-refractivity contribution in [2.75, 3.05) is 45.6 Å². The number of likely N-dealkylation sites (N-methyl/N-ethyl adjacent to an activating group) is 1. The monoisotopic (exact) mass is 331 g/mol. The number of piperazine rings is 1. The van der Waals surface area contributed by atoms with Crippen LogP contribution in [0.2, 0.25) is 0 Å². The number of anilines is 1. The molecule has 2 aromatic heterocycles. The second-order valence-electron chi connectivity index (χ2n) is 6.26. The first-order chi connectivity index (χ1) is 11.6. The summed E-state index contributed by atoms with van der Waals surface area (Å²) < 4.78 is 7.09. The van der Waals surface area contributed by atoms with Gasteiger partial charge in [0.05, 0.1) is 24.4 Å². The number of carbonyl (C=O) groups excluding carboxylic acids is 1. The number of imidazole rings is 1. The molecule has 1 aliphatic heterocycles. The SMILES string of the molecule is CCOC(=O)Cc1nc2ccc(N)cn2c1CN1CCN(C)CC1. The van der Waals surface area contributed by atoms with E-state index in [0.717, 1.165) is 49.8 Å². The molecule has 0 spiro atoms. The lowest BCUT2D eigenvalue weighted by Crippen LogP contribution is -2.44. The first kappa shape index (κ1) is 16.7. The number of hydrogen-bond donors (Lipinski definition) is 1. The molecule has 0 amide bonds. The number of nitrogens with two attached hydrogens (primary N) is 1. The van der Waals surface area contributed by atoms with Gasteiger partial charge < -0.3 is 19.8 Å². The zero-order chi connectivity index (χ0) is 17.1. The molecule has 2 aromatic rings. The van der Waals surface area contributed by atoms with Crippen LogP contribution in [0.25, 0.3) is 5.65 Å². The van der Waals surface area contributed by atoms with Crippen molar-refractivity contribution in [3.63, 3.8) is 0 Å². The Labute approximate surface area is 142 Å². The van der Waals surface area contributed by atoms with Crippen LogP contribution in [0.3, 0.4) is 0 Å². The number of nitrogens with zero attached hydrogens (tertiary/aromatic N) is 4. The highest BCUT2D eigenvalue weighted by Crippen LogP contribution is 2.19. The van der Waals surface area contributed by atoms with E-state index >= 15 is 0 Å². The number of hydrogen-bond acceptors (Lipinski definition) is 6. The van der Waals surface area contributed by atoms with Crippen molar-refractivity contribution >= 4 is 17.3 Å². The zero-order valence-corrected chi connectivity index (χ0v) is 14.4. The van der Waals surface area contributed by atoms with Crippen LogP contribution in [-0.2, 0) is 22.5 Å². The molecule has 1 fully saturated rings. The van der Waals surface area contributed by atoms with Gasteiger partial charge in [-0.05, 0) is 26.1 Å². The first-order valence-electron chi connectivity index (χ1n) is 8.38. The summed E-state index contributed by atoms with van der Waals surface area (Å²) in [5, 5.41) is 0. The standard InChI is InChI=1S/C17H25N5O2/c1-3-24-17(23)10-14-15(12-21-8-6-20(2)7-9-21)22-11-13(18)4-5-16(22)19-14/h4-5,11H,3,6-10,12,18H2,1-2H3. The van der Waals surface area contributed by atoms with E-state index in [1.54, 1.807) is 0 Å². The van der Waals surface area contributed by atoms with Crippen LogP contribution in [-0.4, -0.2) is 65.0 Å². The lowest BCUT2D eigenvalue weighted by Gasteiger charge is -2.32. The molecule has 7 nitrogen and oxygen atoms in total. The third-order valence-corrected chi connectivity index (χ3v) is 4.41. The van der Waals surface area contributed by atoms with Gasteiger partial charge in [-0.25, -0.2) is 4.98 Å². The van der Waals surface area contributed by atoms with Crippen LogP contribution in [0.15, 0.2) is 18.3 Å². The summed E-state index contributed by atoms with van der Waals surface area (Å²) in [5.41, 5.74) is 9.24. The summed E-state index contributed by atoms with van der Waals surface area (Å²) in [4.78, 5) is 21.3. The Morgan fingerprint density at radius 1 is 1.29 bits per heavy atom. The molecular formula is C17H25N5O2. The molecule has 1 aliphatic rings. The van der Waals surface area contributed by atoms with Crippen LogP contribution in [0.1, 0.15) is 18.3 Å². The molecule has 0 aliphatic carbocycles. The zero-order valence-electron chi connectivity index (χ0n) is 14.4. The van der Waals surface area contributed by atoms with E-state index in [-0.39, 0.29) is 12.4 Å². The van der Waals surface area contributed by atoms with E-state index in [4.69, 9.17) is 10.5 Å². The summed E-state index contributed by atoms with van der Waals surface area (Å²) >= 11 is 0. The van der Waals surface area contributed by atoms with E-state index in [2.05, 4.69) is 21.8 Å². The lowest BCUT2D eigenvalue weighted by atomic mass is 10.2. The van der Waals surface area contributed by atoms with E-state index in [9.17, 15) is 4.79 Å². The van der Waals surface area contributed by atoms with Crippen molar-refractivity contribution in [1.29, 1.82) is 0 Å². The maximum atomic E-state index is 11.9. The van der Waals surface area contributed by atoms with Crippen molar-refractivity contribution in [2.24, 2.45) is 0 Å². The van der Waals surface area contributed by atoms with Gasteiger partial charge in [0.1, 0.15) is 5.65 Å². The summed E-state index contributed by atoms with van der Waals surface area (Å²) in [5.74, 6) is -0.242. The van der Waals surface area contributed by atoms with Gasteiger partial charge >= 0.3 is 5.97 Å². The number of aromatic nitrogens is 2. The van der Waals surface area contributed by atoms with Gasteiger partial charge in [0.25, 0.3) is 0 Å². The van der Waals surface area contributed by atoms with Crippen LogP contribution >= 0.6 is 0 Å². The van der Waals surface area contributed by atoms with Crippen LogP contribution in [0.4, 0.5) is 5.69 Å². The Balaban J connectivity index is 1.89. The van der Waals surface area contributed by atoms with Crippen molar-refractivity contribution in [3.8, 4) is 0 Å². The summed E-state index contributed by atoms with van der Waals surface area (Å²) in [6.07, 6.45) is 2.07. The molecule has 0 saturated carbocycles. The molecule has 0 unspecified atom stereocenters. The highest BCUT2D eigenvalue weighted by Gasteiger charge is 2.21. The Hall–Kier alpha value is -2.12. The van der Waals surface area contributed by atoms with E-state index in [1.807, 2.05) is 29.7 Å². The fraction of sp³-hybridized carbons (Fsp3) is 0.529. The number of fused-ring (bicyclic) bond motifs is 1. The number of nitrogen functional groups attached to an aromatic ring is 1. The van der Waals surface area contributed by atoms with Gasteiger partial charge in [-0.2, -0.15) is 0 Å². The van der Waals surface area contributed by atoms with Crippen molar-refractivity contribution < 1.29 is 9.53 Å². The summed E-state index contributed by atoms with van der Waals surface area (Å²) in [6.45, 7) is 7.06. The van der Waals surface area contributed by atoms with Gasteiger partial charge in [0.15, 0.2) is 0 Å². The minimum absolute atomic E-state index is 0.193. The molecule has 7 heteroatoms. The maximum Gasteiger partial charge on any atom is 0.311 e. The highest BCUT2D eigenvalue weighted by molar-refractivity contribution is 5.73. The minimum atomic E-state index is -0.242. The molecule has 1 saturated heterocycles. The predicted octanol–water partition coefficient (Wildman–Crippen LogP) is 0.770. The second kappa shape index (κ2) is 7.19. The molecular weight excluding hydrogens is 306 g/mol. The van der Waals surface area contributed by atoms with E-state index in [1.165, 1.54) is 0 Å². The molecule has 0 aromatic carbocycles. The Morgan fingerprint density at radius 2 is 2.04 bits per heavy atom. The maximum absolute atomic E-state index is 11.9. The largest absolute Gasteiger partial charge is 0.466 e. The molecule has 0 bridgehead atoms. The Bertz CT molecular complexity index is 719. The Kier molecular flexibility index (Phi) is 5.01. The number of esters is 1. The van der Waals surface area contributed by atoms with Crippen molar-refractivity contribution in [3.05, 3.63) is 29.7 Å². The fourth-order valence-electron chi connectivity index (χ4n) is 3.03. The quantitative estimate of drug-likeness (QED) is 0.816. The van der Waals surface area contributed by atoms with Crippen LogP contribution < -0.4 is 5.73 Å². The summed E-state index contributed by atoms with van der Waals surface area (Å²) in [6, 6.07) is 3.72. The van der Waals surface area contributed by atoms with Crippen molar-refractivity contribution in [1.82, 2.24) is 19.2 Å². The highest BCUT2D eigenvalue weighted by atomic mass is 16.5. The molecule has 130 valence electrons. The smallest absolute Gasteiger partial charge is 0.311 e. The van der Waals surface area contributed by atoms with Gasteiger partial charge in [0.2, 0.25) is 0 Å². The molecule has 0 atom stereocenters. The Morgan fingerprint density at radius 3 is 2.75 bits per heavy atom. The minimum Gasteiger partial charge on any atom is -0.466 e. The fourth-order valence-corrected chi connectivity index (χ4v) is 3.03. The number of rotatable bonds is 5. The number of carbonyl (C=O) groups is 1. The molecule has 3 heterocycles. The second-order valence-corrected chi connectivity index (χ2v) is 6.26. The van der Waals surface area contributed by atoms with Gasteiger partial charge in [-0.15, -0.1) is 0 Å². The first-order valence-corrected chi connectivity index (χ1v) is 8.38. The average Bonchev–Trinajstić information content (AvgIpc) is 2.87.